The van der Waals surface area contributed by atoms with E-state index in [9.17, 15) is 0 Å². The quantitative estimate of drug-likeness (QED) is 0.711. The lowest BCUT2D eigenvalue weighted by molar-refractivity contribution is 0.110. The molecule has 1 aromatic rings. The summed E-state index contributed by atoms with van der Waals surface area (Å²) in [5, 5.41) is 0. The maximum absolute atomic E-state index is 6.38. The van der Waals surface area contributed by atoms with Crippen molar-refractivity contribution in [1.82, 2.24) is 4.90 Å². The summed E-state index contributed by atoms with van der Waals surface area (Å²) in [6.45, 7) is 5.84. The molecule has 0 saturated heterocycles. The van der Waals surface area contributed by atoms with Crippen molar-refractivity contribution in [3.8, 4) is 5.75 Å². The van der Waals surface area contributed by atoms with Crippen molar-refractivity contribution in [2.45, 2.75) is 13.0 Å². The lowest BCUT2D eigenvalue weighted by atomic mass is 10.0. The van der Waals surface area contributed by atoms with Gasteiger partial charge in [0.2, 0.25) is 0 Å². The summed E-state index contributed by atoms with van der Waals surface area (Å²) in [7, 11) is 5.09. The molecule has 2 N–H and O–H groups in total. The molecule has 1 rings (SSSR count). The van der Waals surface area contributed by atoms with Crippen LogP contribution in [0.3, 0.4) is 0 Å². The minimum atomic E-state index is -0.103. The van der Waals surface area contributed by atoms with Crippen LogP contribution in [0.1, 0.15) is 17.2 Å². The summed E-state index contributed by atoms with van der Waals surface area (Å²) in [4.78, 5) is 2.25. The van der Waals surface area contributed by atoms with Crippen molar-refractivity contribution in [2.24, 2.45) is 5.73 Å². The van der Waals surface area contributed by atoms with E-state index in [0.29, 0.717) is 13.2 Å². The second kappa shape index (κ2) is 9.73. The molecule has 0 bridgehead atoms. The van der Waals surface area contributed by atoms with E-state index < -0.39 is 0 Å². The molecule has 0 amide bonds. The number of methoxy groups -OCH3 is 3. The van der Waals surface area contributed by atoms with E-state index in [1.54, 1.807) is 21.3 Å². The molecule has 120 valence electrons. The number of rotatable bonds is 10. The normalized spacial score (nSPS) is 12.7. The fourth-order valence-electron chi connectivity index (χ4n) is 2.26. The second-order valence-electron chi connectivity index (χ2n) is 5.14. The Morgan fingerprint density at radius 3 is 2.24 bits per heavy atom. The fourth-order valence-corrected chi connectivity index (χ4v) is 2.26. The molecule has 1 aromatic carbocycles. The highest BCUT2D eigenvalue weighted by atomic mass is 16.5. The van der Waals surface area contributed by atoms with Gasteiger partial charge < -0.3 is 19.9 Å². The molecule has 0 aromatic heterocycles. The van der Waals surface area contributed by atoms with Gasteiger partial charge in [0.15, 0.2) is 0 Å². The molecule has 0 aliphatic rings. The Kier molecular flexibility index (Phi) is 8.30. The number of hydrogen-bond acceptors (Lipinski definition) is 5. The van der Waals surface area contributed by atoms with Crippen molar-refractivity contribution in [3.63, 3.8) is 0 Å². The van der Waals surface area contributed by atoms with Gasteiger partial charge in [0, 0.05) is 45.5 Å². The molecule has 1 unspecified atom stereocenters. The number of benzene rings is 1. The number of nitrogens with two attached hydrogens (primary N) is 1. The average Bonchev–Trinajstić information content (AvgIpc) is 2.49. The zero-order valence-corrected chi connectivity index (χ0v) is 13.6. The van der Waals surface area contributed by atoms with Crippen molar-refractivity contribution >= 4 is 0 Å². The Morgan fingerprint density at radius 1 is 1.10 bits per heavy atom. The predicted molar refractivity (Wildman–Crippen MR) is 84.9 cm³/mol. The van der Waals surface area contributed by atoms with Crippen molar-refractivity contribution < 1.29 is 14.2 Å². The largest absolute Gasteiger partial charge is 0.496 e. The van der Waals surface area contributed by atoms with Gasteiger partial charge in [-0.15, -0.1) is 0 Å². The van der Waals surface area contributed by atoms with Gasteiger partial charge in [-0.25, -0.2) is 0 Å². The van der Waals surface area contributed by atoms with E-state index >= 15 is 0 Å². The Bertz CT molecular complexity index is 405. The minimum absolute atomic E-state index is 0.103. The van der Waals surface area contributed by atoms with Gasteiger partial charge in [0.05, 0.1) is 20.3 Å². The van der Waals surface area contributed by atoms with Crippen LogP contribution in [-0.4, -0.2) is 59.1 Å². The lowest BCUT2D eigenvalue weighted by Crippen LogP contribution is -2.37. The van der Waals surface area contributed by atoms with Crippen LogP contribution in [0, 0.1) is 6.92 Å². The van der Waals surface area contributed by atoms with Gasteiger partial charge in [0.25, 0.3) is 0 Å². The first kappa shape index (κ1) is 17.9. The SMILES string of the molecule is COCCN(CCOC)CC(N)c1cc(C)ccc1OC. The number of hydrogen-bond donors (Lipinski definition) is 1. The Balaban J connectivity index is 2.75. The van der Waals surface area contributed by atoms with E-state index in [0.717, 1.165) is 30.9 Å². The van der Waals surface area contributed by atoms with E-state index in [1.165, 1.54) is 5.56 Å². The molecule has 5 heteroatoms. The summed E-state index contributed by atoms with van der Waals surface area (Å²) in [5.74, 6) is 0.839. The Morgan fingerprint density at radius 2 is 1.71 bits per heavy atom. The smallest absolute Gasteiger partial charge is 0.123 e. The first-order valence-corrected chi connectivity index (χ1v) is 7.22. The average molecular weight is 296 g/mol. The van der Waals surface area contributed by atoms with E-state index in [2.05, 4.69) is 17.9 Å². The molecule has 0 aliphatic heterocycles. The van der Waals surface area contributed by atoms with Crippen LogP contribution in [0.5, 0.6) is 5.75 Å². The molecule has 1 atom stereocenters. The standard InChI is InChI=1S/C16H28N2O3/c1-13-5-6-16(21-4)14(11-13)15(17)12-18(7-9-19-2)8-10-20-3/h5-6,11,15H,7-10,12,17H2,1-4H3. The maximum Gasteiger partial charge on any atom is 0.123 e. The van der Waals surface area contributed by atoms with Gasteiger partial charge in [-0.1, -0.05) is 17.7 Å². The van der Waals surface area contributed by atoms with Crippen LogP contribution in [0.4, 0.5) is 0 Å². The van der Waals surface area contributed by atoms with Crippen LogP contribution in [0.25, 0.3) is 0 Å². The molecule has 21 heavy (non-hydrogen) atoms. The van der Waals surface area contributed by atoms with Gasteiger partial charge in [-0.2, -0.15) is 0 Å². The monoisotopic (exact) mass is 296 g/mol. The predicted octanol–water partition coefficient (Wildman–Crippen LogP) is 1.60. The van der Waals surface area contributed by atoms with Gasteiger partial charge in [-0.05, 0) is 13.0 Å². The summed E-state index contributed by atoms with van der Waals surface area (Å²) in [6, 6.07) is 5.99. The first-order chi connectivity index (χ1) is 10.1. The molecule has 0 radical (unpaired) electrons. The van der Waals surface area contributed by atoms with E-state index in [-0.39, 0.29) is 6.04 Å². The van der Waals surface area contributed by atoms with Gasteiger partial charge in [-0.3, -0.25) is 4.90 Å². The minimum Gasteiger partial charge on any atom is -0.496 e. The van der Waals surface area contributed by atoms with Gasteiger partial charge in [0.1, 0.15) is 5.75 Å². The molecule has 0 fully saturated rings. The van der Waals surface area contributed by atoms with Crippen LogP contribution in [-0.2, 0) is 9.47 Å². The molecular formula is C16H28N2O3. The van der Waals surface area contributed by atoms with E-state index in [4.69, 9.17) is 19.9 Å². The third kappa shape index (κ3) is 6.01. The molecule has 5 nitrogen and oxygen atoms in total. The van der Waals surface area contributed by atoms with Crippen molar-refractivity contribution in [2.75, 3.05) is 54.2 Å². The van der Waals surface area contributed by atoms with Crippen LogP contribution >= 0.6 is 0 Å². The topological polar surface area (TPSA) is 57.0 Å². The third-order valence-electron chi connectivity index (χ3n) is 3.46. The van der Waals surface area contributed by atoms with Gasteiger partial charge >= 0.3 is 0 Å². The summed E-state index contributed by atoms with van der Waals surface area (Å²) < 4.78 is 15.7. The highest BCUT2D eigenvalue weighted by molar-refractivity contribution is 5.39. The zero-order valence-electron chi connectivity index (χ0n) is 13.6. The highest BCUT2D eigenvalue weighted by Gasteiger charge is 2.16. The molecule has 0 heterocycles. The third-order valence-corrected chi connectivity index (χ3v) is 3.46. The lowest BCUT2D eigenvalue weighted by Gasteiger charge is -2.26. The summed E-state index contributed by atoms with van der Waals surface area (Å²) in [5.41, 5.74) is 8.60. The Hall–Kier alpha value is -1.14. The first-order valence-electron chi connectivity index (χ1n) is 7.22. The molecular weight excluding hydrogens is 268 g/mol. The molecule has 0 spiro atoms. The summed E-state index contributed by atoms with van der Waals surface area (Å²) in [6.07, 6.45) is 0. The number of aryl methyl sites for hydroxylation is 1. The molecule has 0 saturated carbocycles. The van der Waals surface area contributed by atoms with Crippen LogP contribution in [0.15, 0.2) is 18.2 Å². The van der Waals surface area contributed by atoms with Crippen molar-refractivity contribution in [1.29, 1.82) is 0 Å². The second-order valence-corrected chi connectivity index (χ2v) is 5.14. The highest BCUT2D eigenvalue weighted by Crippen LogP contribution is 2.25. The number of ether oxygens (including phenoxy) is 3. The van der Waals surface area contributed by atoms with Crippen LogP contribution in [0.2, 0.25) is 0 Å². The number of nitrogens with zero attached hydrogens (tertiary/aromatic N) is 1. The zero-order chi connectivity index (χ0) is 15.7. The van der Waals surface area contributed by atoms with Crippen LogP contribution < -0.4 is 10.5 Å². The molecule has 0 aliphatic carbocycles. The maximum atomic E-state index is 6.38. The van der Waals surface area contributed by atoms with E-state index in [1.807, 2.05) is 12.1 Å². The summed E-state index contributed by atoms with van der Waals surface area (Å²) >= 11 is 0. The Labute approximate surface area is 128 Å². The van der Waals surface area contributed by atoms with Crippen molar-refractivity contribution in [3.05, 3.63) is 29.3 Å². The fraction of sp³-hybridized carbons (Fsp3) is 0.625.